The summed E-state index contributed by atoms with van der Waals surface area (Å²) in [6.07, 6.45) is 10.9. The molecule has 1 aromatic rings. The first-order valence-electron chi connectivity index (χ1n) is 6.70. The Morgan fingerprint density at radius 1 is 1.18 bits per heavy atom. The first-order chi connectivity index (χ1) is 8.27. The van der Waals surface area contributed by atoms with Crippen LogP contribution in [0, 0.1) is 0 Å². The van der Waals surface area contributed by atoms with Gasteiger partial charge < -0.3 is 0 Å². The van der Waals surface area contributed by atoms with Crippen LogP contribution < -0.4 is 5.19 Å². The van der Waals surface area contributed by atoms with E-state index in [1.807, 2.05) is 0 Å². The Labute approximate surface area is 106 Å². The highest BCUT2D eigenvalue weighted by Crippen LogP contribution is 2.27. The van der Waals surface area contributed by atoms with Crippen LogP contribution in [0.2, 0.25) is 12.6 Å². The molecule has 1 aromatic carbocycles. The number of hydrogen-bond acceptors (Lipinski definition) is 0. The summed E-state index contributed by atoms with van der Waals surface area (Å²) in [6, 6.07) is 12.5. The summed E-state index contributed by atoms with van der Waals surface area (Å²) in [7, 11) is -1.44. The molecule has 1 heteroatoms. The van der Waals surface area contributed by atoms with E-state index in [2.05, 4.69) is 62.0 Å². The molecule has 0 N–H and O–H groups in total. The van der Waals surface area contributed by atoms with Gasteiger partial charge in [0.05, 0.1) is 0 Å². The predicted molar refractivity (Wildman–Crippen MR) is 79.2 cm³/mol. The minimum Gasteiger partial charge on any atom is -0.0811 e. The summed E-state index contributed by atoms with van der Waals surface area (Å²) >= 11 is 0. The zero-order valence-electron chi connectivity index (χ0n) is 10.9. The van der Waals surface area contributed by atoms with Crippen molar-refractivity contribution in [2.45, 2.75) is 38.8 Å². The molecule has 0 radical (unpaired) electrons. The average Bonchev–Trinajstić information content (AvgIpc) is 2.91. The van der Waals surface area contributed by atoms with Crippen LogP contribution in [0.15, 0.2) is 53.8 Å². The Hall–Kier alpha value is -1.08. The van der Waals surface area contributed by atoms with E-state index in [4.69, 9.17) is 0 Å². The number of unbranched alkanes of at least 4 members (excludes halogenated alkanes) is 1. The lowest BCUT2D eigenvalue weighted by Gasteiger charge is -2.29. The molecule has 0 aromatic heterocycles. The van der Waals surface area contributed by atoms with Crippen LogP contribution in [-0.4, -0.2) is 8.07 Å². The van der Waals surface area contributed by atoms with Crippen LogP contribution in [0.5, 0.6) is 0 Å². The highest BCUT2D eigenvalue weighted by molar-refractivity contribution is 6.97. The summed E-state index contributed by atoms with van der Waals surface area (Å²) in [4.78, 5) is 0. The standard InChI is InChI=1S/C16H22Si/c1-3-4-14-17(2,16-12-8-9-13-16)15-10-6-5-7-11-15/h5-8,10-13H,3-4,9,14H2,1-2H3. The van der Waals surface area contributed by atoms with Gasteiger partial charge in [-0.1, -0.05) is 85.3 Å². The molecule has 0 amide bonds. The predicted octanol–water partition coefficient (Wildman–Crippen LogP) is 4.20. The molecular formula is C16H22Si. The molecule has 0 nitrogen and oxygen atoms in total. The van der Waals surface area contributed by atoms with Gasteiger partial charge in [-0.25, -0.2) is 0 Å². The third-order valence-electron chi connectivity index (χ3n) is 3.85. The van der Waals surface area contributed by atoms with Gasteiger partial charge in [-0.2, -0.15) is 0 Å². The maximum absolute atomic E-state index is 2.53. The van der Waals surface area contributed by atoms with Crippen molar-refractivity contribution < 1.29 is 0 Å². The van der Waals surface area contributed by atoms with Crippen molar-refractivity contribution in [1.29, 1.82) is 0 Å². The normalized spacial score (nSPS) is 17.9. The van der Waals surface area contributed by atoms with E-state index in [0.717, 1.165) is 6.42 Å². The smallest absolute Gasteiger partial charge is 0.0811 e. The van der Waals surface area contributed by atoms with Gasteiger partial charge in [0.25, 0.3) is 0 Å². The molecular weight excluding hydrogens is 220 g/mol. The molecule has 17 heavy (non-hydrogen) atoms. The summed E-state index contributed by atoms with van der Waals surface area (Å²) in [5.41, 5.74) is 0. The fraction of sp³-hybridized carbons (Fsp3) is 0.375. The van der Waals surface area contributed by atoms with Gasteiger partial charge in [0.15, 0.2) is 0 Å². The second-order valence-corrected chi connectivity index (χ2v) is 9.42. The second-order valence-electron chi connectivity index (χ2n) is 5.10. The lowest BCUT2D eigenvalue weighted by atomic mass is 10.4. The molecule has 0 heterocycles. The van der Waals surface area contributed by atoms with E-state index in [1.54, 1.807) is 10.4 Å². The van der Waals surface area contributed by atoms with E-state index in [1.165, 1.54) is 18.9 Å². The first kappa shape index (κ1) is 12.4. The summed E-state index contributed by atoms with van der Waals surface area (Å²) in [5, 5.41) is 3.23. The van der Waals surface area contributed by atoms with Crippen molar-refractivity contribution >= 4 is 13.3 Å². The van der Waals surface area contributed by atoms with Crippen molar-refractivity contribution in [3.05, 3.63) is 53.8 Å². The number of allylic oxidation sites excluding steroid dienone is 4. The van der Waals surface area contributed by atoms with Crippen molar-refractivity contribution in [2.75, 3.05) is 0 Å². The first-order valence-corrected chi connectivity index (χ1v) is 9.41. The SMILES string of the molecule is CCCC[Si](C)(C1=CCC=C1)c1ccccc1. The van der Waals surface area contributed by atoms with Crippen LogP contribution in [0.25, 0.3) is 0 Å². The number of hydrogen-bond donors (Lipinski definition) is 0. The Kier molecular flexibility index (Phi) is 4.00. The van der Waals surface area contributed by atoms with Gasteiger partial charge in [-0.05, 0) is 12.5 Å². The Morgan fingerprint density at radius 2 is 1.94 bits per heavy atom. The summed E-state index contributed by atoms with van der Waals surface area (Å²) in [6.45, 7) is 4.82. The van der Waals surface area contributed by atoms with Crippen molar-refractivity contribution in [3.63, 3.8) is 0 Å². The van der Waals surface area contributed by atoms with Gasteiger partial charge >= 0.3 is 0 Å². The largest absolute Gasteiger partial charge is 0.114 e. The third kappa shape index (κ3) is 2.60. The average molecular weight is 242 g/mol. The van der Waals surface area contributed by atoms with Gasteiger partial charge in [0.1, 0.15) is 8.07 Å². The third-order valence-corrected chi connectivity index (χ3v) is 8.46. The number of rotatable bonds is 5. The minimum absolute atomic E-state index is 1.14. The number of benzene rings is 1. The molecule has 1 atom stereocenters. The molecule has 2 rings (SSSR count). The molecule has 1 unspecified atom stereocenters. The Morgan fingerprint density at radius 3 is 2.53 bits per heavy atom. The van der Waals surface area contributed by atoms with Crippen molar-refractivity contribution in [3.8, 4) is 0 Å². The van der Waals surface area contributed by atoms with Crippen LogP contribution in [0.4, 0.5) is 0 Å². The Balaban J connectivity index is 2.33. The van der Waals surface area contributed by atoms with E-state index in [9.17, 15) is 0 Å². The topological polar surface area (TPSA) is 0 Å². The highest BCUT2D eigenvalue weighted by Gasteiger charge is 2.32. The zero-order valence-corrected chi connectivity index (χ0v) is 11.9. The highest BCUT2D eigenvalue weighted by atomic mass is 28.3. The van der Waals surface area contributed by atoms with Crippen LogP contribution in [-0.2, 0) is 0 Å². The van der Waals surface area contributed by atoms with Gasteiger partial charge in [0.2, 0.25) is 0 Å². The summed E-state index contributed by atoms with van der Waals surface area (Å²) < 4.78 is 0. The quantitative estimate of drug-likeness (QED) is 0.679. The molecule has 0 aliphatic heterocycles. The lowest BCUT2D eigenvalue weighted by Crippen LogP contribution is -2.46. The molecule has 0 bridgehead atoms. The van der Waals surface area contributed by atoms with Gasteiger partial charge in [0, 0.05) is 0 Å². The zero-order chi connectivity index (χ0) is 12.1. The van der Waals surface area contributed by atoms with E-state index < -0.39 is 8.07 Å². The molecule has 1 aliphatic rings. The molecule has 0 spiro atoms. The molecule has 90 valence electrons. The van der Waals surface area contributed by atoms with Crippen molar-refractivity contribution in [2.24, 2.45) is 0 Å². The van der Waals surface area contributed by atoms with E-state index >= 15 is 0 Å². The molecule has 0 saturated heterocycles. The molecule has 0 saturated carbocycles. The minimum atomic E-state index is -1.44. The fourth-order valence-corrected chi connectivity index (χ4v) is 6.61. The maximum atomic E-state index is 2.53. The van der Waals surface area contributed by atoms with Crippen LogP contribution >= 0.6 is 0 Å². The fourth-order valence-electron chi connectivity index (χ4n) is 2.66. The maximum Gasteiger partial charge on any atom is 0.114 e. The molecule has 1 aliphatic carbocycles. The molecule has 0 fully saturated rings. The lowest BCUT2D eigenvalue weighted by molar-refractivity contribution is 0.871. The van der Waals surface area contributed by atoms with Crippen LogP contribution in [0.3, 0.4) is 0 Å². The van der Waals surface area contributed by atoms with E-state index in [0.29, 0.717) is 0 Å². The summed E-state index contributed by atoms with van der Waals surface area (Å²) in [5.74, 6) is 0. The van der Waals surface area contributed by atoms with Gasteiger partial charge in [-0.15, -0.1) is 0 Å². The van der Waals surface area contributed by atoms with Gasteiger partial charge in [-0.3, -0.25) is 0 Å². The monoisotopic (exact) mass is 242 g/mol. The second kappa shape index (κ2) is 5.50. The van der Waals surface area contributed by atoms with Crippen LogP contribution in [0.1, 0.15) is 26.2 Å². The van der Waals surface area contributed by atoms with E-state index in [-0.39, 0.29) is 0 Å². The van der Waals surface area contributed by atoms with Crippen molar-refractivity contribution in [1.82, 2.24) is 0 Å². The Bertz CT molecular complexity index is 416.